The van der Waals surface area contributed by atoms with Crippen LogP contribution < -0.4 is 4.90 Å². The summed E-state index contributed by atoms with van der Waals surface area (Å²) in [6.45, 7) is 3.90. The molecule has 0 radical (unpaired) electrons. The maximum atomic E-state index is 11.9. The van der Waals surface area contributed by atoms with E-state index >= 15 is 0 Å². The Morgan fingerprint density at radius 2 is 1.89 bits per heavy atom. The van der Waals surface area contributed by atoms with Crippen LogP contribution >= 0.6 is 15.9 Å². The Kier molecular flexibility index (Phi) is 4.90. The molecule has 5 heteroatoms. The van der Waals surface area contributed by atoms with Crippen LogP contribution in [0.25, 0.3) is 0 Å². The Balaban J connectivity index is 2.93. The minimum absolute atomic E-state index is 0.00555. The Morgan fingerprint density at radius 1 is 1.28 bits per heavy atom. The summed E-state index contributed by atoms with van der Waals surface area (Å²) >= 11 is 3.44. The first-order valence-electron chi connectivity index (χ1n) is 5.58. The molecule has 1 amide bonds. The molecule has 1 rings (SSSR count). The van der Waals surface area contributed by atoms with Crippen LogP contribution in [0.2, 0.25) is 0 Å². The molecule has 0 fully saturated rings. The number of rotatable bonds is 4. The van der Waals surface area contributed by atoms with E-state index in [-0.39, 0.29) is 18.7 Å². The molecule has 98 valence electrons. The molecule has 1 N–H and O–H groups in total. The molecule has 0 heterocycles. The number of hydrogen-bond acceptors (Lipinski definition) is 2. The van der Waals surface area contributed by atoms with Gasteiger partial charge in [-0.15, -0.1) is 0 Å². The first-order chi connectivity index (χ1) is 8.32. The number of carbonyl (C=O) groups excluding carboxylic acids is 1. The third-order valence-electron chi connectivity index (χ3n) is 2.66. The second-order valence-electron chi connectivity index (χ2n) is 4.26. The van der Waals surface area contributed by atoms with E-state index < -0.39 is 5.97 Å². The largest absolute Gasteiger partial charge is 0.481 e. The number of anilines is 1. The molecule has 0 unspecified atom stereocenters. The van der Waals surface area contributed by atoms with E-state index in [1.165, 1.54) is 4.90 Å². The lowest BCUT2D eigenvalue weighted by atomic mass is 10.1. The molecule has 0 aromatic heterocycles. The minimum Gasteiger partial charge on any atom is -0.481 e. The van der Waals surface area contributed by atoms with Crippen LogP contribution in [0, 0.1) is 13.8 Å². The topological polar surface area (TPSA) is 57.6 Å². The second-order valence-corrected chi connectivity index (χ2v) is 5.11. The van der Waals surface area contributed by atoms with E-state index in [0.29, 0.717) is 0 Å². The minimum atomic E-state index is -0.962. The maximum Gasteiger partial charge on any atom is 0.303 e. The van der Waals surface area contributed by atoms with Crippen LogP contribution in [0.3, 0.4) is 0 Å². The van der Waals surface area contributed by atoms with Crippen molar-refractivity contribution in [3.05, 3.63) is 27.7 Å². The predicted molar refractivity (Wildman–Crippen MR) is 73.9 cm³/mol. The van der Waals surface area contributed by atoms with Gasteiger partial charge in [0.25, 0.3) is 0 Å². The Bertz CT molecular complexity index is 462. The summed E-state index contributed by atoms with van der Waals surface area (Å²) in [5, 5.41) is 8.58. The van der Waals surface area contributed by atoms with Crippen molar-refractivity contribution in [1.82, 2.24) is 0 Å². The molecule has 18 heavy (non-hydrogen) atoms. The summed E-state index contributed by atoms with van der Waals surface area (Å²) in [7, 11) is 1.66. The predicted octanol–water partition coefficient (Wildman–Crippen LogP) is 2.89. The van der Waals surface area contributed by atoms with E-state index in [1.807, 2.05) is 26.0 Å². The summed E-state index contributed by atoms with van der Waals surface area (Å²) in [6, 6.07) is 3.92. The van der Waals surface area contributed by atoms with Gasteiger partial charge in [0.15, 0.2) is 0 Å². The Hall–Kier alpha value is -1.36. The van der Waals surface area contributed by atoms with Crippen molar-refractivity contribution in [3.8, 4) is 0 Å². The van der Waals surface area contributed by atoms with E-state index in [9.17, 15) is 9.59 Å². The van der Waals surface area contributed by atoms with Crippen LogP contribution in [-0.2, 0) is 9.59 Å². The van der Waals surface area contributed by atoms with Crippen molar-refractivity contribution in [2.45, 2.75) is 26.7 Å². The van der Waals surface area contributed by atoms with E-state index in [2.05, 4.69) is 15.9 Å². The van der Waals surface area contributed by atoms with Crippen molar-refractivity contribution in [1.29, 1.82) is 0 Å². The summed E-state index contributed by atoms with van der Waals surface area (Å²) in [5.74, 6) is -1.17. The van der Waals surface area contributed by atoms with Gasteiger partial charge in [0.05, 0.1) is 12.1 Å². The number of benzene rings is 1. The Labute approximate surface area is 115 Å². The monoisotopic (exact) mass is 313 g/mol. The lowest BCUT2D eigenvalue weighted by Crippen LogP contribution is -2.27. The Morgan fingerprint density at radius 3 is 2.39 bits per heavy atom. The number of amides is 1. The molecule has 0 spiro atoms. The lowest BCUT2D eigenvalue weighted by molar-refractivity contribution is -0.138. The van der Waals surface area contributed by atoms with Crippen molar-refractivity contribution < 1.29 is 14.7 Å². The van der Waals surface area contributed by atoms with Crippen LogP contribution in [-0.4, -0.2) is 24.0 Å². The van der Waals surface area contributed by atoms with Crippen LogP contribution in [0.4, 0.5) is 5.69 Å². The molecule has 0 aliphatic rings. The zero-order valence-electron chi connectivity index (χ0n) is 10.7. The fourth-order valence-corrected chi connectivity index (χ4v) is 2.78. The average molecular weight is 314 g/mol. The number of aliphatic carboxylic acids is 1. The molecule has 0 aliphatic carbocycles. The van der Waals surface area contributed by atoms with Gasteiger partial charge in [-0.1, -0.05) is 6.07 Å². The van der Waals surface area contributed by atoms with Gasteiger partial charge >= 0.3 is 5.97 Å². The number of halogens is 1. The highest BCUT2D eigenvalue weighted by Gasteiger charge is 2.17. The van der Waals surface area contributed by atoms with Crippen LogP contribution in [0.1, 0.15) is 24.0 Å². The van der Waals surface area contributed by atoms with Gasteiger partial charge < -0.3 is 10.0 Å². The summed E-state index contributed by atoms with van der Waals surface area (Å²) < 4.78 is 0.839. The van der Waals surface area contributed by atoms with Crippen LogP contribution in [0.5, 0.6) is 0 Å². The number of hydrogen-bond donors (Lipinski definition) is 1. The van der Waals surface area contributed by atoms with Crippen molar-refractivity contribution in [2.75, 3.05) is 11.9 Å². The van der Waals surface area contributed by atoms with Gasteiger partial charge in [-0.2, -0.15) is 0 Å². The molecule has 0 saturated carbocycles. The van der Waals surface area contributed by atoms with E-state index in [4.69, 9.17) is 5.11 Å². The average Bonchev–Trinajstić information content (AvgIpc) is 2.24. The number of carboxylic acid groups (broad SMARTS) is 1. The molecule has 1 aromatic carbocycles. The van der Waals surface area contributed by atoms with E-state index in [1.54, 1.807) is 7.05 Å². The molecule has 0 aliphatic heterocycles. The third-order valence-corrected chi connectivity index (χ3v) is 3.27. The number of nitrogens with zero attached hydrogens (tertiary/aromatic N) is 1. The molecule has 0 atom stereocenters. The summed E-state index contributed by atoms with van der Waals surface area (Å²) in [5.41, 5.74) is 2.87. The zero-order chi connectivity index (χ0) is 13.9. The SMILES string of the molecule is Cc1cc(C)c(N(C)C(=O)CCC(=O)O)c(Br)c1. The number of carboxylic acids is 1. The fourth-order valence-electron chi connectivity index (χ4n) is 1.84. The van der Waals surface area contributed by atoms with Crippen molar-refractivity contribution in [3.63, 3.8) is 0 Å². The summed E-state index contributed by atoms with van der Waals surface area (Å²) in [4.78, 5) is 23.8. The molecule has 4 nitrogen and oxygen atoms in total. The normalized spacial score (nSPS) is 10.2. The summed E-state index contributed by atoms with van der Waals surface area (Å²) in [6.07, 6.45) is -0.142. The second kappa shape index (κ2) is 6.00. The van der Waals surface area contributed by atoms with Gasteiger partial charge in [-0.05, 0) is 47.0 Å². The molecule has 0 bridgehead atoms. The van der Waals surface area contributed by atoms with Gasteiger partial charge in [0.2, 0.25) is 5.91 Å². The number of carbonyl (C=O) groups is 2. The quantitative estimate of drug-likeness (QED) is 0.929. The van der Waals surface area contributed by atoms with Gasteiger partial charge in [0, 0.05) is 17.9 Å². The lowest BCUT2D eigenvalue weighted by Gasteiger charge is -2.21. The van der Waals surface area contributed by atoms with Crippen molar-refractivity contribution in [2.24, 2.45) is 0 Å². The highest BCUT2D eigenvalue weighted by atomic mass is 79.9. The highest BCUT2D eigenvalue weighted by molar-refractivity contribution is 9.10. The standard InChI is InChI=1S/C13H16BrNO3/c1-8-6-9(2)13(10(14)7-8)15(3)11(16)4-5-12(17)18/h6-7H,4-5H2,1-3H3,(H,17,18). The van der Waals surface area contributed by atoms with Gasteiger partial charge in [0.1, 0.15) is 0 Å². The van der Waals surface area contributed by atoms with Gasteiger partial charge in [-0.25, -0.2) is 0 Å². The molecule has 1 aromatic rings. The first-order valence-corrected chi connectivity index (χ1v) is 6.37. The van der Waals surface area contributed by atoms with Gasteiger partial charge in [-0.3, -0.25) is 9.59 Å². The van der Waals surface area contributed by atoms with E-state index in [0.717, 1.165) is 21.3 Å². The zero-order valence-corrected chi connectivity index (χ0v) is 12.2. The maximum absolute atomic E-state index is 11.9. The van der Waals surface area contributed by atoms with Crippen LogP contribution in [0.15, 0.2) is 16.6 Å². The highest BCUT2D eigenvalue weighted by Crippen LogP contribution is 2.31. The third kappa shape index (κ3) is 3.57. The molecular formula is C13H16BrNO3. The molecule has 0 saturated heterocycles. The number of aryl methyl sites for hydroxylation is 2. The smallest absolute Gasteiger partial charge is 0.303 e. The van der Waals surface area contributed by atoms with Crippen molar-refractivity contribution >= 4 is 33.5 Å². The first kappa shape index (κ1) is 14.7. The fraction of sp³-hybridized carbons (Fsp3) is 0.385. The molecular weight excluding hydrogens is 298 g/mol.